The van der Waals surface area contributed by atoms with Crippen LogP contribution in [-0.4, -0.2) is 28.3 Å². The van der Waals surface area contributed by atoms with Gasteiger partial charge in [0, 0.05) is 11.1 Å². The molecule has 28 heavy (non-hydrogen) atoms. The lowest BCUT2D eigenvalue weighted by atomic mass is 10.1. The molecule has 0 amide bonds. The number of Topliss-reactive ketones (excluding diaryl/α,β-unsaturated/α-hetero) is 1. The van der Waals surface area contributed by atoms with Gasteiger partial charge in [-0.15, -0.1) is 0 Å². The molecule has 0 saturated heterocycles. The summed E-state index contributed by atoms with van der Waals surface area (Å²) < 4.78 is 5.25. The maximum atomic E-state index is 12.6. The fourth-order valence-electron chi connectivity index (χ4n) is 2.92. The maximum absolute atomic E-state index is 12.6. The summed E-state index contributed by atoms with van der Waals surface area (Å²) in [6.07, 6.45) is 0. The monoisotopic (exact) mass is 390 g/mol. The highest BCUT2D eigenvalue weighted by Gasteiger charge is 2.18. The molecule has 0 aliphatic carbocycles. The standard InChI is InChI=1S/C22H15ClN2O3/c23-17-10-4-3-9-16(17)20(26)13-28-22(27)15-8-2-1-7-14(15)21-24-18-11-5-6-12-19(18)25-21/h1-12H,13H2,(H,24,25). The maximum Gasteiger partial charge on any atom is 0.339 e. The van der Waals surface area contributed by atoms with Crippen LogP contribution in [0.5, 0.6) is 0 Å². The lowest BCUT2D eigenvalue weighted by molar-refractivity contribution is 0.0475. The van der Waals surface area contributed by atoms with E-state index < -0.39 is 12.6 Å². The van der Waals surface area contributed by atoms with E-state index in [0.717, 1.165) is 11.0 Å². The Bertz CT molecular complexity index is 1150. The number of hydrogen-bond acceptors (Lipinski definition) is 4. The van der Waals surface area contributed by atoms with Crippen LogP contribution >= 0.6 is 11.6 Å². The Kier molecular flexibility index (Phi) is 4.91. The fraction of sp³-hybridized carbons (Fsp3) is 0.0455. The van der Waals surface area contributed by atoms with Gasteiger partial charge < -0.3 is 9.72 Å². The highest BCUT2D eigenvalue weighted by Crippen LogP contribution is 2.24. The second-order valence-electron chi connectivity index (χ2n) is 6.13. The summed E-state index contributed by atoms with van der Waals surface area (Å²) in [4.78, 5) is 32.7. The molecular formula is C22H15ClN2O3. The SMILES string of the molecule is O=C(COC(=O)c1ccccc1-c1nc2ccccc2[nH]1)c1ccccc1Cl. The smallest absolute Gasteiger partial charge is 0.339 e. The molecule has 0 saturated carbocycles. The average Bonchev–Trinajstić information content (AvgIpc) is 3.16. The number of ether oxygens (including phenoxy) is 1. The molecule has 4 rings (SSSR count). The number of imidazole rings is 1. The minimum Gasteiger partial charge on any atom is -0.454 e. The molecular weight excluding hydrogens is 376 g/mol. The number of carbonyl (C=O) groups excluding carboxylic acids is 2. The number of carbonyl (C=O) groups is 2. The molecule has 1 N–H and O–H groups in total. The van der Waals surface area contributed by atoms with E-state index in [4.69, 9.17) is 16.3 Å². The molecule has 5 nitrogen and oxygen atoms in total. The second-order valence-corrected chi connectivity index (χ2v) is 6.53. The van der Waals surface area contributed by atoms with Crippen molar-refractivity contribution in [1.29, 1.82) is 0 Å². The number of aromatic nitrogens is 2. The fourth-order valence-corrected chi connectivity index (χ4v) is 3.16. The van der Waals surface area contributed by atoms with E-state index >= 15 is 0 Å². The van der Waals surface area contributed by atoms with Gasteiger partial charge in [0.2, 0.25) is 5.78 Å². The van der Waals surface area contributed by atoms with Gasteiger partial charge in [-0.3, -0.25) is 4.79 Å². The molecule has 0 aliphatic heterocycles. The van der Waals surface area contributed by atoms with Crippen molar-refractivity contribution in [2.75, 3.05) is 6.61 Å². The van der Waals surface area contributed by atoms with E-state index in [2.05, 4.69) is 9.97 Å². The van der Waals surface area contributed by atoms with E-state index in [9.17, 15) is 9.59 Å². The minimum absolute atomic E-state index is 0.322. The van der Waals surface area contributed by atoms with Gasteiger partial charge in [0.25, 0.3) is 0 Å². The number of H-pyrrole nitrogens is 1. The number of esters is 1. The number of hydrogen-bond donors (Lipinski definition) is 1. The van der Waals surface area contributed by atoms with Gasteiger partial charge >= 0.3 is 5.97 Å². The largest absolute Gasteiger partial charge is 0.454 e. The minimum atomic E-state index is -0.601. The Hall–Kier alpha value is -3.44. The van der Waals surface area contributed by atoms with Crippen LogP contribution in [0.25, 0.3) is 22.4 Å². The number of ketones is 1. The molecule has 1 heterocycles. The van der Waals surface area contributed by atoms with Gasteiger partial charge in [-0.1, -0.05) is 54.1 Å². The molecule has 6 heteroatoms. The van der Waals surface area contributed by atoms with Gasteiger partial charge in [0.15, 0.2) is 6.61 Å². The first-order chi connectivity index (χ1) is 13.6. The van der Waals surface area contributed by atoms with E-state index in [1.54, 1.807) is 42.5 Å². The zero-order chi connectivity index (χ0) is 19.5. The van der Waals surface area contributed by atoms with E-state index in [1.165, 1.54) is 0 Å². The van der Waals surface area contributed by atoms with Gasteiger partial charge in [0.05, 0.1) is 21.6 Å². The van der Waals surface area contributed by atoms with Crippen LogP contribution in [0.3, 0.4) is 0 Å². The molecule has 0 unspecified atom stereocenters. The molecule has 0 bridgehead atoms. The summed E-state index contributed by atoms with van der Waals surface area (Å²) in [7, 11) is 0. The first-order valence-corrected chi connectivity index (χ1v) is 9.00. The zero-order valence-electron chi connectivity index (χ0n) is 14.7. The first-order valence-electron chi connectivity index (χ1n) is 8.62. The van der Waals surface area contributed by atoms with Gasteiger partial charge in [-0.05, 0) is 30.3 Å². The molecule has 3 aromatic carbocycles. The molecule has 0 radical (unpaired) electrons. The van der Waals surface area contributed by atoms with Crippen LogP contribution in [0.2, 0.25) is 5.02 Å². The molecule has 0 aliphatic rings. The molecule has 0 fully saturated rings. The number of rotatable bonds is 5. The van der Waals surface area contributed by atoms with E-state index in [-0.39, 0.29) is 5.78 Å². The van der Waals surface area contributed by atoms with Crippen LogP contribution in [0.15, 0.2) is 72.8 Å². The van der Waals surface area contributed by atoms with Gasteiger partial charge in [-0.25, -0.2) is 9.78 Å². The number of halogens is 1. The molecule has 0 spiro atoms. The van der Waals surface area contributed by atoms with Crippen molar-refractivity contribution in [3.63, 3.8) is 0 Å². The van der Waals surface area contributed by atoms with Gasteiger partial charge in [0.1, 0.15) is 5.82 Å². The van der Waals surface area contributed by atoms with Crippen LogP contribution in [0, 0.1) is 0 Å². The number of aromatic amines is 1. The summed E-state index contributed by atoms with van der Waals surface area (Å²) in [6.45, 7) is -0.392. The molecule has 0 atom stereocenters. The number of fused-ring (bicyclic) bond motifs is 1. The summed E-state index contributed by atoms with van der Waals surface area (Å²) in [5.41, 5.74) is 2.93. The average molecular weight is 391 g/mol. The summed E-state index contributed by atoms with van der Waals surface area (Å²) >= 11 is 6.02. The number of nitrogens with zero attached hydrogens (tertiary/aromatic N) is 1. The quantitative estimate of drug-likeness (QED) is 0.387. The number of para-hydroxylation sites is 2. The Balaban J connectivity index is 1.57. The topological polar surface area (TPSA) is 72.1 Å². The summed E-state index contributed by atoms with van der Waals surface area (Å²) in [5.74, 6) is -0.400. The third-order valence-corrected chi connectivity index (χ3v) is 4.63. The van der Waals surface area contributed by atoms with E-state index in [0.29, 0.717) is 27.5 Å². The zero-order valence-corrected chi connectivity index (χ0v) is 15.4. The van der Waals surface area contributed by atoms with Crippen molar-refractivity contribution in [2.24, 2.45) is 0 Å². The van der Waals surface area contributed by atoms with E-state index in [1.807, 2.05) is 30.3 Å². The van der Waals surface area contributed by atoms with Crippen LogP contribution < -0.4 is 0 Å². The molecule has 4 aromatic rings. The first kappa shape index (κ1) is 17.9. The van der Waals surface area contributed by atoms with Crippen LogP contribution in [0.1, 0.15) is 20.7 Å². The Labute approximate surface area is 165 Å². The third-order valence-electron chi connectivity index (χ3n) is 4.30. The van der Waals surface area contributed by atoms with Gasteiger partial charge in [-0.2, -0.15) is 0 Å². The summed E-state index contributed by atoms with van der Waals surface area (Å²) in [5, 5.41) is 0.325. The van der Waals surface area contributed by atoms with Crippen molar-refractivity contribution < 1.29 is 14.3 Å². The predicted molar refractivity (Wildman–Crippen MR) is 108 cm³/mol. The summed E-state index contributed by atoms with van der Waals surface area (Å²) in [6, 6.07) is 21.2. The lowest BCUT2D eigenvalue weighted by Gasteiger charge is -2.08. The number of nitrogens with one attached hydrogen (secondary N) is 1. The van der Waals surface area contributed by atoms with Crippen LogP contribution in [-0.2, 0) is 4.74 Å². The Morgan fingerprint density at radius 2 is 1.57 bits per heavy atom. The van der Waals surface area contributed by atoms with Crippen LogP contribution in [0.4, 0.5) is 0 Å². The lowest BCUT2D eigenvalue weighted by Crippen LogP contribution is -2.15. The molecule has 1 aromatic heterocycles. The van der Waals surface area contributed by atoms with Crippen molar-refractivity contribution >= 4 is 34.4 Å². The highest BCUT2D eigenvalue weighted by atomic mass is 35.5. The predicted octanol–water partition coefficient (Wildman–Crippen LogP) is 4.92. The van der Waals surface area contributed by atoms with Crippen molar-refractivity contribution in [2.45, 2.75) is 0 Å². The van der Waals surface area contributed by atoms with Crippen molar-refractivity contribution in [1.82, 2.24) is 9.97 Å². The Morgan fingerprint density at radius 3 is 2.36 bits per heavy atom. The Morgan fingerprint density at radius 1 is 0.893 bits per heavy atom. The third kappa shape index (κ3) is 3.52. The van der Waals surface area contributed by atoms with Crippen molar-refractivity contribution in [3.8, 4) is 11.4 Å². The number of benzene rings is 3. The normalized spacial score (nSPS) is 10.8. The van der Waals surface area contributed by atoms with Crippen molar-refractivity contribution in [3.05, 3.63) is 88.9 Å². The second kappa shape index (κ2) is 7.66. The highest BCUT2D eigenvalue weighted by molar-refractivity contribution is 6.34. The molecule has 138 valence electrons.